The zero-order chi connectivity index (χ0) is 29.9. The molecule has 0 radical (unpaired) electrons. The largest absolute Gasteiger partial charge is 0.501 e. The number of hydrogen-bond donors (Lipinski definition) is 1. The zero-order valence-corrected chi connectivity index (χ0v) is 32.6. The van der Waals surface area contributed by atoms with Crippen LogP contribution in [-0.2, 0) is 39.8 Å². The van der Waals surface area contributed by atoms with Crippen molar-refractivity contribution in [3.8, 4) is 0 Å². The van der Waals surface area contributed by atoms with E-state index in [0.717, 1.165) is 41.8 Å². The Hall–Kier alpha value is 2.04. The van der Waals surface area contributed by atoms with Crippen molar-refractivity contribution in [2.24, 2.45) is 0 Å². The molecule has 0 N–H and O–H groups in total. The lowest BCUT2D eigenvalue weighted by Gasteiger charge is -2.28. The lowest BCUT2D eigenvalue weighted by atomic mass is 10.6. The van der Waals surface area contributed by atoms with Gasteiger partial charge >= 0.3 is 26.4 Å². The lowest BCUT2D eigenvalue weighted by Crippen LogP contribution is -2.46. The van der Waals surface area contributed by atoms with Gasteiger partial charge in [0.2, 0.25) is 0 Å². The highest BCUT2D eigenvalue weighted by Gasteiger charge is 2.41. The summed E-state index contributed by atoms with van der Waals surface area (Å²) in [5.41, 5.74) is 0. The second-order valence-electron chi connectivity index (χ2n) is 7.37. The molecule has 9 nitrogen and oxygen atoms in total. The zero-order valence-electron chi connectivity index (χ0n) is 25.4. The first-order chi connectivity index (χ1) is 18.8. The Morgan fingerprint density at radius 1 is 0.487 bits per heavy atom. The molecule has 17 heteroatoms. The Kier molecular flexibility index (Phi) is 31.9. The Bertz CT molecular complexity index is 459. The molecular weight excluding hydrogens is 653 g/mol. The molecule has 0 aromatic heterocycles. The molecule has 0 spiro atoms. The normalized spacial score (nSPS) is 12.5. The summed E-state index contributed by atoms with van der Waals surface area (Å²) in [5, 5.41) is 0. The van der Waals surface area contributed by atoms with Gasteiger partial charge in [0.05, 0.1) is 0 Å². The fourth-order valence-corrected chi connectivity index (χ4v) is 18.6. The summed E-state index contributed by atoms with van der Waals surface area (Å²) in [7, 11) is 4.75. The van der Waals surface area contributed by atoms with Crippen LogP contribution in [-0.4, -0.2) is 105 Å². The smallest absolute Gasteiger partial charge is 0.377 e. The van der Waals surface area contributed by atoms with E-state index in [1.54, 1.807) is 41.0 Å². The van der Waals surface area contributed by atoms with Gasteiger partial charge < -0.3 is 39.8 Å². The predicted molar refractivity (Wildman–Crippen MR) is 181 cm³/mol. The van der Waals surface area contributed by atoms with Crippen molar-refractivity contribution in [1.82, 2.24) is 0 Å². The molecule has 0 atom stereocenters. The molecule has 0 aliphatic carbocycles. The number of hydrogen-bond acceptors (Lipinski definition) is 14. The highest BCUT2D eigenvalue weighted by Crippen LogP contribution is 2.44. The molecule has 0 aromatic rings. The van der Waals surface area contributed by atoms with Crippen molar-refractivity contribution in [2.75, 3.05) is 78.2 Å². The van der Waals surface area contributed by atoms with Crippen LogP contribution in [0.4, 0.5) is 0 Å². The summed E-state index contributed by atoms with van der Waals surface area (Å²) in [4.78, 5) is 0. The maximum Gasteiger partial charge on any atom is 0.501 e. The van der Waals surface area contributed by atoms with E-state index in [-0.39, 0.29) is 0 Å². The summed E-state index contributed by atoms with van der Waals surface area (Å²) in [6, 6.07) is 2.50. The molecule has 0 amide bonds. The minimum absolute atomic E-state index is 0.625. The Labute approximate surface area is 263 Å². The molecule has 0 aromatic carbocycles. The average molecular weight is 707 g/mol. The van der Waals surface area contributed by atoms with Crippen LogP contribution >= 0.6 is 53.9 Å². The standard InChI is InChI=1S/C16H38O6S4Si2.C6H16O3SSi/c1-7-17-27(18-8-2,19-9-3)15-13-23-25-26-24-14-16-28(20-10-4,21-11-5)22-12-6;1-7-11(8-2,9-3)6-4-5-10/h7-16H2,1-6H3;10H,4-6H2,1-3H3. The van der Waals surface area contributed by atoms with E-state index in [9.17, 15) is 0 Å². The highest BCUT2D eigenvalue weighted by molar-refractivity contribution is 9.26. The van der Waals surface area contributed by atoms with Gasteiger partial charge in [-0.15, -0.1) is 0 Å². The first-order valence-electron chi connectivity index (χ1n) is 13.5. The summed E-state index contributed by atoms with van der Waals surface area (Å²) in [6.45, 7) is 15.7. The molecule has 0 unspecified atom stereocenters. The van der Waals surface area contributed by atoms with Gasteiger partial charge in [-0.05, 0) is 73.4 Å². The summed E-state index contributed by atoms with van der Waals surface area (Å²) >= 11 is 4.10. The number of thiol groups is 1. The van der Waals surface area contributed by atoms with Crippen molar-refractivity contribution in [2.45, 2.75) is 66.1 Å². The van der Waals surface area contributed by atoms with Crippen molar-refractivity contribution in [3.63, 3.8) is 0 Å². The Morgan fingerprint density at radius 3 is 1.03 bits per heavy atom. The van der Waals surface area contributed by atoms with Gasteiger partial charge in [0.25, 0.3) is 0 Å². The highest BCUT2D eigenvalue weighted by atomic mass is 33.7. The third-order valence-corrected chi connectivity index (χ3v) is 21.3. The van der Waals surface area contributed by atoms with Crippen molar-refractivity contribution in [1.29, 1.82) is 0 Å². The molecule has 0 saturated carbocycles. The van der Waals surface area contributed by atoms with Crippen LogP contribution in [0.15, 0.2) is 0 Å². The number of rotatable bonds is 27. The minimum atomic E-state index is -2.52. The Morgan fingerprint density at radius 2 is 0.795 bits per heavy atom. The van der Waals surface area contributed by atoms with Gasteiger partial charge in [0, 0.05) is 90.6 Å². The molecular formula is C22H54O9S5Si3. The first-order valence-corrected chi connectivity index (χ1v) is 25.1. The summed E-state index contributed by atoms with van der Waals surface area (Å²) < 4.78 is 50.9. The second kappa shape index (κ2) is 28.8. The summed E-state index contributed by atoms with van der Waals surface area (Å²) in [5.74, 6) is 2.73. The third-order valence-electron chi connectivity index (χ3n) is 4.87. The van der Waals surface area contributed by atoms with Crippen LogP contribution in [0.1, 0.15) is 48.0 Å². The maximum absolute atomic E-state index is 5.88. The first kappa shape index (κ1) is 43.2. The Balaban J connectivity index is 0. The topological polar surface area (TPSA) is 83.1 Å². The van der Waals surface area contributed by atoms with Crippen molar-refractivity contribution in [3.05, 3.63) is 0 Å². The molecule has 0 saturated heterocycles. The SMILES string of the molecule is CCO[Si](CCSSSSCC[Si](OCC)(OCC)OCC)(OCC)OCC.CO[Si](CCCS)(OC)OC. The van der Waals surface area contributed by atoms with Gasteiger partial charge in [-0.3, -0.25) is 0 Å². The van der Waals surface area contributed by atoms with Crippen LogP contribution in [0.5, 0.6) is 0 Å². The molecule has 0 heterocycles. The van der Waals surface area contributed by atoms with Crippen molar-refractivity contribution >= 4 is 80.3 Å². The molecule has 39 heavy (non-hydrogen) atoms. The van der Waals surface area contributed by atoms with Crippen LogP contribution < -0.4 is 0 Å². The maximum atomic E-state index is 5.88. The van der Waals surface area contributed by atoms with E-state index in [0.29, 0.717) is 39.6 Å². The van der Waals surface area contributed by atoms with E-state index < -0.39 is 26.4 Å². The van der Waals surface area contributed by atoms with Crippen LogP contribution in [0, 0.1) is 0 Å². The van der Waals surface area contributed by atoms with Gasteiger partial charge in [-0.1, -0.05) is 21.6 Å². The van der Waals surface area contributed by atoms with E-state index >= 15 is 0 Å². The van der Waals surface area contributed by atoms with Crippen molar-refractivity contribution < 1.29 is 39.8 Å². The van der Waals surface area contributed by atoms with Crippen LogP contribution in [0.2, 0.25) is 18.1 Å². The monoisotopic (exact) mass is 706 g/mol. The quantitative estimate of drug-likeness (QED) is 0.0415. The van der Waals surface area contributed by atoms with E-state index in [1.807, 2.05) is 63.1 Å². The van der Waals surface area contributed by atoms with E-state index in [2.05, 4.69) is 12.6 Å². The molecule has 0 aliphatic heterocycles. The molecule has 0 rings (SSSR count). The third kappa shape index (κ3) is 20.6. The minimum Gasteiger partial charge on any atom is -0.377 e. The van der Waals surface area contributed by atoms with Crippen LogP contribution in [0.25, 0.3) is 0 Å². The molecule has 0 bridgehead atoms. The average Bonchev–Trinajstić information content (AvgIpc) is 2.93. The molecule has 0 aliphatic rings. The van der Waals surface area contributed by atoms with Gasteiger partial charge in [-0.2, -0.15) is 12.6 Å². The molecule has 238 valence electrons. The van der Waals surface area contributed by atoms with Crippen LogP contribution in [0.3, 0.4) is 0 Å². The fourth-order valence-electron chi connectivity index (χ4n) is 3.29. The van der Waals surface area contributed by atoms with Gasteiger partial charge in [0.15, 0.2) is 0 Å². The van der Waals surface area contributed by atoms with E-state index in [1.165, 1.54) is 0 Å². The molecule has 0 fully saturated rings. The second-order valence-corrected chi connectivity index (χ2v) is 22.6. The fraction of sp³-hybridized carbons (Fsp3) is 1.00. The predicted octanol–water partition coefficient (Wildman–Crippen LogP) is 6.95. The van der Waals surface area contributed by atoms with Gasteiger partial charge in [0.1, 0.15) is 0 Å². The van der Waals surface area contributed by atoms with E-state index in [4.69, 9.17) is 39.8 Å². The van der Waals surface area contributed by atoms with Gasteiger partial charge in [-0.25, -0.2) is 0 Å². The lowest BCUT2D eigenvalue weighted by molar-refractivity contribution is 0.0721. The summed E-state index contributed by atoms with van der Waals surface area (Å²) in [6.07, 6.45) is 0.963.